The average Bonchev–Trinajstić information content (AvgIpc) is 2.76. The molecule has 0 aliphatic heterocycles. The fourth-order valence-electron chi connectivity index (χ4n) is 4.35. The van der Waals surface area contributed by atoms with Crippen molar-refractivity contribution in [3.63, 3.8) is 0 Å². The van der Waals surface area contributed by atoms with Gasteiger partial charge in [0.05, 0.1) is 6.61 Å². The van der Waals surface area contributed by atoms with Crippen molar-refractivity contribution < 1.29 is 5.11 Å². The summed E-state index contributed by atoms with van der Waals surface area (Å²) in [5.74, 6) is 1.39. The summed E-state index contributed by atoms with van der Waals surface area (Å²) in [6.45, 7) is 11.4. The fraction of sp³-hybridized carbons (Fsp3) is 0.700. The van der Waals surface area contributed by atoms with Gasteiger partial charge in [-0.05, 0) is 81.6 Å². The van der Waals surface area contributed by atoms with E-state index in [9.17, 15) is 5.11 Å². The summed E-state index contributed by atoms with van der Waals surface area (Å²) in [5, 5.41) is 9.59. The standard InChI is InChI=1S/C20H32O/c1-15(2)18-11-13-20(4)12-10-16(3)6-5-7-17(14-21)8-9-19(18)20/h7,10,18-19,21H,1,5-6,8-9,11-14H2,2-4H3. The molecule has 118 valence electrons. The molecule has 1 fully saturated rings. The van der Waals surface area contributed by atoms with Gasteiger partial charge in [-0.15, -0.1) is 0 Å². The highest BCUT2D eigenvalue weighted by atomic mass is 16.3. The van der Waals surface area contributed by atoms with Gasteiger partial charge in [-0.3, -0.25) is 0 Å². The number of hydrogen-bond donors (Lipinski definition) is 1. The highest BCUT2D eigenvalue weighted by Gasteiger charge is 2.44. The van der Waals surface area contributed by atoms with Gasteiger partial charge in [0.1, 0.15) is 0 Å². The van der Waals surface area contributed by atoms with E-state index in [1.807, 2.05) is 0 Å². The third kappa shape index (κ3) is 3.88. The lowest BCUT2D eigenvalue weighted by molar-refractivity contribution is 0.192. The van der Waals surface area contributed by atoms with Crippen LogP contribution >= 0.6 is 0 Å². The maximum Gasteiger partial charge on any atom is 0.0641 e. The molecule has 0 aromatic carbocycles. The number of aliphatic hydroxyl groups is 1. The summed E-state index contributed by atoms with van der Waals surface area (Å²) in [7, 11) is 0. The van der Waals surface area contributed by atoms with Gasteiger partial charge in [0, 0.05) is 0 Å². The maximum atomic E-state index is 9.59. The Bertz CT molecular complexity index is 443. The summed E-state index contributed by atoms with van der Waals surface area (Å²) < 4.78 is 0. The molecular formula is C20H32O. The third-order valence-corrected chi connectivity index (χ3v) is 5.91. The number of fused-ring (bicyclic) bond motifs is 1. The van der Waals surface area contributed by atoms with Crippen LogP contribution in [0.25, 0.3) is 0 Å². The van der Waals surface area contributed by atoms with E-state index in [0.29, 0.717) is 17.3 Å². The first-order valence-corrected chi connectivity index (χ1v) is 8.56. The van der Waals surface area contributed by atoms with E-state index in [0.717, 1.165) is 19.3 Å². The average molecular weight is 288 g/mol. The van der Waals surface area contributed by atoms with Gasteiger partial charge in [0.25, 0.3) is 0 Å². The monoisotopic (exact) mass is 288 g/mol. The minimum atomic E-state index is 0.226. The molecule has 2 rings (SSSR count). The molecule has 0 amide bonds. The Hall–Kier alpha value is -0.820. The Balaban J connectivity index is 2.26. The molecule has 0 saturated heterocycles. The number of rotatable bonds is 2. The zero-order chi connectivity index (χ0) is 15.5. The number of aliphatic hydroxyl groups excluding tert-OH is 1. The molecule has 1 saturated carbocycles. The summed E-state index contributed by atoms with van der Waals surface area (Å²) in [5.41, 5.74) is 4.51. The van der Waals surface area contributed by atoms with Crippen molar-refractivity contribution in [2.75, 3.05) is 6.61 Å². The molecule has 0 radical (unpaired) electrons. The first kappa shape index (κ1) is 16.5. The van der Waals surface area contributed by atoms with E-state index >= 15 is 0 Å². The molecule has 1 nitrogen and oxygen atoms in total. The lowest BCUT2D eigenvalue weighted by Gasteiger charge is -2.34. The normalized spacial score (nSPS) is 34.5. The first-order chi connectivity index (χ1) is 9.96. The van der Waals surface area contributed by atoms with Gasteiger partial charge in [-0.25, -0.2) is 0 Å². The van der Waals surface area contributed by atoms with E-state index in [-0.39, 0.29) is 6.61 Å². The number of hydrogen-bond acceptors (Lipinski definition) is 1. The molecule has 0 bridgehead atoms. The summed E-state index contributed by atoms with van der Waals surface area (Å²) in [6, 6.07) is 0. The van der Waals surface area contributed by atoms with Gasteiger partial charge in [-0.2, -0.15) is 0 Å². The van der Waals surface area contributed by atoms with Crippen LogP contribution in [0.4, 0.5) is 0 Å². The van der Waals surface area contributed by atoms with Gasteiger partial charge >= 0.3 is 0 Å². The second kappa shape index (κ2) is 6.96. The van der Waals surface area contributed by atoms with Crippen molar-refractivity contribution in [3.05, 3.63) is 35.5 Å². The Morgan fingerprint density at radius 2 is 2.10 bits per heavy atom. The second-order valence-electron chi connectivity index (χ2n) is 7.60. The topological polar surface area (TPSA) is 20.2 Å². The predicted molar refractivity (Wildman–Crippen MR) is 91.1 cm³/mol. The highest BCUT2D eigenvalue weighted by molar-refractivity contribution is 5.13. The van der Waals surface area contributed by atoms with Crippen molar-refractivity contribution in [1.29, 1.82) is 0 Å². The molecule has 3 atom stereocenters. The van der Waals surface area contributed by atoms with E-state index in [2.05, 4.69) is 39.5 Å². The molecule has 0 spiro atoms. The summed E-state index contributed by atoms with van der Waals surface area (Å²) >= 11 is 0. The van der Waals surface area contributed by atoms with Crippen LogP contribution in [-0.2, 0) is 0 Å². The maximum absolute atomic E-state index is 9.59. The van der Waals surface area contributed by atoms with Gasteiger partial charge in [0.2, 0.25) is 0 Å². The van der Waals surface area contributed by atoms with Crippen LogP contribution in [-0.4, -0.2) is 11.7 Å². The molecule has 21 heavy (non-hydrogen) atoms. The SMILES string of the molecule is C=C(C)C1CCC2(C)CC=C(C)CCC=C(CO)CCC12. The molecule has 2 aliphatic carbocycles. The molecule has 1 N–H and O–H groups in total. The van der Waals surface area contributed by atoms with Crippen molar-refractivity contribution in [2.24, 2.45) is 17.3 Å². The van der Waals surface area contributed by atoms with Crippen LogP contribution in [0.3, 0.4) is 0 Å². The Morgan fingerprint density at radius 1 is 1.33 bits per heavy atom. The largest absolute Gasteiger partial charge is 0.392 e. The van der Waals surface area contributed by atoms with Crippen LogP contribution in [0.1, 0.15) is 65.7 Å². The van der Waals surface area contributed by atoms with Gasteiger partial charge in [-0.1, -0.05) is 36.8 Å². The molecule has 1 heteroatoms. The second-order valence-corrected chi connectivity index (χ2v) is 7.60. The molecule has 3 unspecified atom stereocenters. The molecule has 0 aromatic heterocycles. The Kier molecular flexibility index (Phi) is 5.48. The number of allylic oxidation sites excluding steroid dienone is 4. The van der Waals surface area contributed by atoms with E-state index in [1.54, 1.807) is 0 Å². The van der Waals surface area contributed by atoms with E-state index < -0.39 is 0 Å². The van der Waals surface area contributed by atoms with Crippen LogP contribution in [0.2, 0.25) is 0 Å². The van der Waals surface area contributed by atoms with Crippen molar-refractivity contribution in [3.8, 4) is 0 Å². The zero-order valence-electron chi connectivity index (χ0n) is 14.1. The predicted octanol–water partition coefficient (Wildman–Crippen LogP) is 5.42. The quantitative estimate of drug-likeness (QED) is 0.672. The lowest BCUT2D eigenvalue weighted by atomic mass is 9.70. The Morgan fingerprint density at radius 3 is 2.76 bits per heavy atom. The van der Waals surface area contributed by atoms with Crippen molar-refractivity contribution in [1.82, 2.24) is 0 Å². The summed E-state index contributed by atoms with van der Waals surface area (Å²) in [4.78, 5) is 0. The van der Waals surface area contributed by atoms with E-state index in [4.69, 9.17) is 0 Å². The smallest absolute Gasteiger partial charge is 0.0641 e. The fourth-order valence-corrected chi connectivity index (χ4v) is 4.35. The molecule has 2 aliphatic rings. The van der Waals surface area contributed by atoms with Gasteiger partial charge < -0.3 is 5.11 Å². The van der Waals surface area contributed by atoms with Crippen LogP contribution in [0.5, 0.6) is 0 Å². The highest BCUT2D eigenvalue weighted by Crippen LogP contribution is 2.53. The van der Waals surface area contributed by atoms with E-state index in [1.165, 1.54) is 42.4 Å². The van der Waals surface area contributed by atoms with Crippen LogP contribution in [0.15, 0.2) is 35.5 Å². The molecule has 0 heterocycles. The zero-order valence-corrected chi connectivity index (χ0v) is 14.1. The van der Waals surface area contributed by atoms with Crippen LogP contribution in [0, 0.1) is 17.3 Å². The third-order valence-electron chi connectivity index (χ3n) is 5.91. The van der Waals surface area contributed by atoms with Crippen molar-refractivity contribution in [2.45, 2.75) is 65.7 Å². The minimum absolute atomic E-state index is 0.226. The lowest BCUT2D eigenvalue weighted by Crippen LogP contribution is -2.25. The minimum Gasteiger partial charge on any atom is -0.392 e. The molecular weight excluding hydrogens is 256 g/mol. The van der Waals surface area contributed by atoms with Gasteiger partial charge in [0.15, 0.2) is 0 Å². The Labute approximate surface area is 130 Å². The first-order valence-electron chi connectivity index (χ1n) is 8.56. The van der Waals surface area contributed by atoms with Crippen LogP contribution < -0.4 is 0 Å². The summed E-state index contributed by atoms with van der Waals surface area (Å²) in [6.07, 6.45) is 13.0. The molecule has 0 aromatic rings. The van der Waals surface area contributed by atoms with Crippen molar-refractivity contribution >= 4 is 0 Å².